The summed E-state index contributed by atoms with van der Waals surface area (Å²) in [5.41, 5.74) is 0.522. The first kappa shape index (κ1) is 21.7. The van der Waals surface area contributed by atoms with Crippen LogP contribution in [0.4, 0.5) is 5.69 Å². The van der Waals surface area contributed by atoms with Gasteiger partial charge in [-0.2, -0.15) is 0 Å². The molecule has 0 aromatic heterocycles. The second-order valence-electron chi connectivity index (χ2n) is 5.82. The predicted molar refractivity (Wildman–Crippen MR) is 107 cm³/mol. The predicted octanol–water partition coefficient (Wildman–Crippen LogP) is 1.66. The lowest BCUT2D eigenvalue weighted by atomic mass is 10.2. The molecule has 0 heterocycles. The van der Waals surface area contributed by atoms with Crippen LogP contribution in [0.25, 0.3) is 0 Å². The summed E-state index contributed by atoms with van der Waals surface area (Å²) in [6.45, 7) is 1.53. The number of ether oxygens (including phenoxy) is 1. The fourth-order valence-electron chi connectivity index (χ4n) is 2.28. The molecule has 2 aromatic rings. The molecule has 152 valence electrons. The monoisotopic (exact) mass is 426 g/mol. The zero-order valence-electron chi connectivity index (χ0n) is 15.5. The Morgan fingerprint density at radius 2 is 1.64 bits per heavy atom. The molecule has 1 amide bonds. The Bertz CT molecular complexity index is 1030. The zero-order chi connectivity index (χ0) is 20.8. The molecule has 0 aliphatic rings. The molecular formula is C18H22N2O6S2. The van der Waals surface area contributed by atoms with Crippen LogP contribution < -0.4 is 14.8 Å². The summed E-state index contributed by atoms with van der Waals surface area (Å²) in [5, 5.41) is 2.50. The minimum absolute atomic E-state index is 0.00856. The smallest absolute Gasteiger partial charge is 0.262 e. The average molecular weight is 427 g/mol. The minimum atomic E-state index is -3.87. The van der Waals surface area contributed by atoms with Crippen LogP contribution in [0.15, 0.2) is 53.4 Å². The third-order valence-corrected chi connectivity index (χ3v) is 7.00. The number of nitrogens with one attached hydrogen (secondary N) is 2. The van der Waals surface area contributed by atoms with Crippen molar-refractivity contribution in [2.45, 2.75) is 11.8 Å². The number of rotatable bonds is 9. The first-order valence-electron chi connectivity index (χ1n) is 8.43. The second kappa shape index (κ2) is 9.07. The molecule has 0 radical (unpaired) electrons. The number of amides is 1. The molecule has 0 saturated heterocycles. The van der Waals surface area contributed by atoms with Crippen molar-refractivity contribution in [2.75, 3.05) is 29.9 Å². The third kappa shape index (κ3) is 5.70. The van der Waals surface area contributed by atoms with E-state index in [1.54, 1.807) is 24.3 Å². The van der Waals surface area contributed by atoms with Gasteiger partial charge in [0, 0.05) is 17.9 Å². The van der Waals surface area contributed by atoms with Crippen LogP contribution in [0.3, 0.4) is 0 Å². The average Bonchev–Trinajstić information content (AvgIpc) is 2.68. The van der Waals surface area contributed by atoms with Gasteiger partial charge >= 0.3 is 0 Å². The van der Waals surface area contributed by atoms with Crippen LogP contribution in [0.1, 0.15) is 17.3 Å². The molecular weight excluding hydrogens is 404 g/mol. The number of carbonyl (C=O) groups excluding carboxylic acids is 1. The summed E-state index contributed by atoms with van der Waals surface area (Å²) in [6, 6.07) is 11.9. The SMILES string of the molecule is CCS(=O)(=O)CCNC(=O)c1ccc(S(=O)(=O)Nc2ccccc2OC)cc1. The van der Waals surface area contributed by atoms with Gasteiger partial charge in [-0.15, -0.1) is 0 Å². The summed E-state index contributed by atoms with van der Waals surface area (Å²) in [5.74, 6) is -0.240. The van der Waals surface area contributed by atoms with E-state index < -0.39 is 25.8 Å². The fourth-order valence-corrected chi connectivity index (χ4v) is 4.06. The number of sulfonamides is 1. The summed E-state index contributed by atoms with van der Waals surface area (Å²) in [4.78, 5) is 12.0. The van der Waals surface area contributed by atoms with E-state index >= 15 is 0 Å². The molecule has 8 nitrogen and oxygen atoms in total. The van der Waals surface area contributed by atoms with E-state index in [4.69, 9.17) is 4.74 Å². The summed E-state index contributed by atoms with van der Waals surface area (Å²) < 4.78 is 55.5. The van der Waals surface area contributed by atoms with Crippen molar-refractivity contribution >= 4 is 31.5 Å². The van der Waals surface area contributed by atoms with E-state index in [-0.39, 0.29) is 28.5 Å². The maximum Gasteiger partial charge on any atom is 0.262 e. The maximum absolute atomic E-state index is 12.5. The lowest BCUT2D eigenvalue weighted by molar-refractivity contribution is 0.0956. The van der Waals surface area contributed by atoms with Crippen molar-refractivity contribution in [3.05, 3.63) is 54.1 Å². The first-order chi connectivity index (χ1) is 13.2. The quantitative estimate of drug-likeness (QED) is 0.629. The zero-order valence-corrected chi connectivity index (χ0v) is 17.1. The highest BCUT2D eigenvalue weighted by molar-refractivity contribution is 7.92. The van der Waals surface area contributed by atoms with Gasteiger partial charge in [-0.3, -0.25) is 9.52 Å². The number of anilines is 1. The van der Waals surface area contributed by atoms with Crippen LogP contribution in [0, 0.1) is 0 Å². The van der Waals surface area contributed by atoms with Crippen LogP contribution in [0.2, 0.25) is 0 Å². The molecule has 2 rings (SSSR count). The second-order valence-corrected chi connectivity index (χ2v) is 9.98. The van der Waals surface area contributed by atoms with E-state index in [1.165, 1.54) is 38.3 Å². The van der Waals surface area contributed by atoms with Gasteiger partial charge in [0.2, 0.25) is 0 Å². The Kier molecular flexibility index (Phi) is 7.03. The van der Waals surface area contributed by atoms with Crippen molar-refractivity contribution in [1.82, 2.24) is 5.32 Å². The van der Waals surface area contributed by atoms with E-state index in [2.05, 4.69) is 10.0 Å². The Morgan fingerprint density at radius 1 is 1.00 bits per heavy atom. The molecule has 2 N–H and O–H groups in total. The van der Waals surface area contributed by atoms with Crippen LogP contribution in [-0.4, -0.2) is 47.9 Å². The fraction of sp³-hybridized carbons (Fsp3) is 0.278. The Labute approximate surface area is 164 Å². The Hall–Kier alpha value is -2.59. The molecule has 0 atom stereocenters. The van der Waals surface area contributed by atoms with Gasteiger partial charge in [0.25, 0.3) is 15.9 Å². The first-order valence-corrected chi connectivity index (χ1v) is 11.7. The standard InChI is InChI=1S/C18H22N2O6S2/c1-3-27(22,23)13-12-19-18(21)14-8-10-15(11-9-14)28(24,25)20-16-6-4-5-7-17(16)26-2/h4-11,20H,3,12-13H2,1-2H3,(H,19,21). The van der Waals surface area contributed by atoms with Crippen molar-refractivity contribution in [3.63, 3.8) is 0 Å². The lowest BCUT2D eigenvalue weighted by Crippen LogP contribution is -2.29. The molecule has 0 aliphatic carbocycles. The molecule has 28 heavy (non-hydrogen) atoms. The van der Waals surface area contributed by atoms with Crippen molar-refractivity contribution in [3.8, 4) is 5.75 Å². The number of benzene rings is 2. The maximum atomic E-state index is 12.5. The van der Waals surface area contributed by atoms with E-state index in [0.717, 1.165) is 0 Å². The highest BCUT2D eigenvalue weighted by Crippen LogP contribution is 2.26. The summed E-state index contributed by atoms with van der Waals surface area (Å²) in [7, 11) is -5.60. The van der Waals surface area contributed by atoms with Crippen molar-refractivity contribution in [2.24, 2.45) is 0 Å². The van der Waals surface area contributed by atoms with Crippen LogP contribution >= 0.6 is 0 Å². The van der Waals surface area contributed by atoms with E-state index in [0.29, 0.717) is 11.4 Å². The van der Waals surface area contributed by atoms with Gasteiger partial charge in [-0.1, -0.05) is 19.1 Å². The van der Waals surface area contributed by atoms with Gasteiger partial charge in [0.15, 0.2) is 9.84 Å². The molecule has 0 aliphatic heterocycles. The lowest BCUT2D eigenvalue weighted by Gasteiger charge is -2.12. The number of methoxy groups -OCH3 is 1. The van der Waals surface area contributed by atoms with Gasteiger partial charge in [-0.05, 0) is 36.4 Å². The largest absolute Gasteiger partial charge is 0.495 e. The molecule has 0 saturated carbocycles. The third-order valence-electron chi connectivity index (χ3n) is 3.92. The van der Waals surface area contributed by atoms with E-state index in [1.807, 2.05) is 0 Å². The number of sulfone groups is 1. The molecule has 0 fully saturated rings. The van der Waals surface area contributed by atoms with Gasteiger partial charge in [-0.25, -0.2) is 16.8 Å². The highest BCUT2D eigenvalue weighted by atomic mass is 32.2. The highest BCUT2D eigenvalue weighted by Gasteiger charge is 2.17. The van der Waals surface area contributed by atoms with Crippen molar-refractivity contribution in [1.29, 1.82) is 0 Å². The normalized spacial score (nSPS) is 11.6. The molecule has 2 aromatic carbocycles. The van der Waals surface area contributed by atoms with Gasteiger partial charge in [0.05, 0.1) is 23.4 Å². The minimum Gasteiger partial charge on any atom is -0.495 e. The molecule has 0 spiro atoms. The van der Waals surface area contributed by atoms with Crippen LogP contribution in [0.5, 0.6) is 5.75 Å². The Balaban J connectivity index is 2.07. The number of hydrogen-bond donors (Lipinski definition) is 2. The Morgan fingerprint density at radius 3 is 2.25 bits per heavy atom. The van der Waals surface area contributed by atoms with Crippen molar-refractivity contribution < 1.29 is 26.4 Å². The van der Waals surface area contributed by atoms with Gasteiger partial charge < -0.3 is 10.1 Å². The summed E-state index contributed by atoms with van der Waals surface area (Å²) >= 11 is 0. The van der Waals surface area contributed by atoms with Crippen LogP contribution in [-0.2, 0) is 19.9 Å². The topological polar surface area (TPSA) is 119 Å². The number of carbonyl (C=O) groups is 1. The number of para-hydroxylation sites is 2. The summed E-state index contributed by atoms with van der Waals surface area (Å²) in [6.07, 6.45) is 0. The van der Waals surface area contributed by atoms with E-state index in [9.17, 15) is 21.6 Å². The van der Waals surface area contributed by atoms with Gasteiger partial charge in [0.1, 0.15) is 5.75 Å². The molecule has 0 bridgehead atoms. The molecule has 0 unspecified atom stereocenters. The molecule has 10 heteroatoms. The number of hydrogen-bond acceptors (Lipinski definition) is 6.